The number of aryl methyl sites for hydroxylation is 1. The van der Waals surface area contributed by atoms with Crippen molar-refractivity contribution in [2.75, 3.05) is 12.8 Å². The predicted molar refractivity (Wildman–Crippen MR) is 86.6 cm³/mol. The number of anilines is 1. The number of nitrogens with two attached hydrogens (primary N) is 1. The van der Waals surface area contributed by atoms with Crippen LogP contribution in [0.5, 0.6) is 0 Å². The molecule has 1 saturated carbocycles. The maximum Gasteiger partial charge on any atom is 0.256 e. The van der Waals surface area contributed by atoms with Crippen molar-refractivity contribution in [3.05, 3.63) is 41.1 Å². The van der Waals surface area contributed by atoms with E-state index in [0.29, 0.717) is 22.9 Å². The van der Waals surface area contributed by atoms with Crippen LogP contribution < -0.4 is 16.4 Å². The maximum atomic E-state index is 12.2. The van der Waals surface area contributed by atoms with E-state index in [-0.39, 0.29) is 17.6 Å². The van der Waals surface area contributed by atoms with E-state index in [2.05, 4.69) is 15.7 Å². The highest BCUT2D eigenvalue weighted by atomic mass is 16.2. The molecule has 7 heteroatoms. The lowest BCUT2D eigenvalue weighted by molar-refractivity contribution is 0.0947. The van der Waals surface area contributed by atoms with Crippen molar-refractivity contribution < 1.29 is 9.59 Å². The largest absolute Gasteiger partial charge is 0.383 e. The third-order valence-corrected chi connectivity index (χ3v) is 3.89. The van der Waals surface area contributed by atoms with Gasteiger partial charge in [0.05, 0.1) is 11.9 Å². The average Bonchev–Trinajstić information content (AvgIpc) is 3.27. The molecule has 1 aliphatic carbocycles. The number of aromatic nitrogens is 2. The Morgan fingerprint density at radius 3 is 2.70 bits per heavy atom. The molecular formula is C16H19N5O2. The third kappa shape index (κ3) is 2.90. The Bertz CT molecular complexity index is 777. The number of amides is 2. The minimum absolute atomic E-state index is 0.106. The van der Waals surface area contributed by atoms with Gasteiger partial charge in [-0.15, -0.1) is 0 Å². The van der Waals surface area contributed by atoms with Gasteiger partial charge in [-0.2, -0.15) is 5.10 Å². The number of nitrogens with one attached hydrogen (secondary N) is 2. The molecule has 1 aliphatic rings. The third-order valence-electron chi connectivity index (χ3n) is 3.89. The van der Waals surface area contributed by atoms with Crippen LogP contribution in [0.15, 0.2) is 24.4 Å². The molecule has 0 spiro atoms. The van der Waals surface area contributed by atoms with Gasteiger partial charge in [-0.25, -0.2) is 4.68 Å². The standard InChI is InChI=1S/C16H19N5O2/c1-9-3-4-10(15(22)20-11-5-6-11)7-13(9)21-14(17)12(8-19-21)16(23)18-2/h3-4,7-8,11H,5-6,17H2,1-2H3,(H,18,23)(H,20,22). The number of rotatable bonds is 4. The number of benzene rings is 1. The van der Waals surface area contributed by atoms with E-state index >= 15 is 0 Å². The van der Waals surface area contributed by atoms with E-state index in [1.165, 1.54) is 17.9 Å². The Labute approximate surface area is 133 Å². The molecule has 0 atom stereocenters. The minimum atomic E-state index is -0.297. The van der Waals surface area contributed by atoms with Crippen LogP contribution in [0.25, 0.3) is 5.69 Å². The number of nitrogen functional groups attached to an aromatic ring is 1. The van der Waals surface area contributed by atoms with Gasteiger partial charge in [-0.1, -0.05) is 6.07 Å². The summed E-state index contributed by atoms with van der Waals surface area (Å²) in [6.45, 7) is 1.90. The average molecular weight is 313 g/mol. The van der Waals surface area contributed by atoms with Crippen LogP contribution >= 0.6 is 0 Å². The van der Waals surface area contributed by atoms with Crippen LogP contribution in [0.4, 0.5) is 5.82 Å². The molecule has 7 nitrogen and oxygen atoms in total. The molecule has 0 bridgehead atoms. The van der Waals surface area contributed by atoms with Gasteiger partial charge in [0, 0.05) is 18.7 Å². The van der Waals surface area contributed by atoms with Crippen LogP contribution in [0.3, 0.4) is 0 Å². The second-order valence-corrected chi connectivity index (χ2v) is 5.68. The van der Waals surface area contributed by atoms with Crippen LogP contribution in [0, 0.1) is 6.92 Å². The molecule has 1 heterocycles. The van der Waals surface area contributed by atoms with Crippen molar-refractivity contribution in [1.29, 1.82) is 0 Å². The zero-order valence-electron chi connectivity index (χ0n) is 13.1. The Morgan fingerprint density at radius 2 is 2.04 bits per heavy atom. The molecule has 23 heavy (non-hydrogen) atoms. The lowest BCUT2D eigenvalue weighted by Crippen LogP contribution is -2.25. The summed E-state index contributed by atoms with van der Waals surface area (Å²) in [5.74, 6) is -0.160. The smallest absolute Gasteiger partial charge is 0.256 e. The summed E-state index contributed by atoms with van der Waals surface area (Å²) in [4.78, 5) is 24.0. The molecule has 0 radical (unpaired) electrons. The van der Waals surface area contributed by atoms with Crippen LogP contribution in [-0.2, 0) is 0 Å². The number of carbonyl (C=O) groups is 2. The van der Waals surface area contributed by atoms with E-state index in [1.807, 2.05) is 13.0 Å². The molecule has 3 rings (SSSR count). The van der Waals surface area contributed by atoms with Gasteiger partial charge in [-0.05, 0) is 37.5 Å². The SMILES string of the molecule is CNC(=O)c1cnn(-c2cc(C(=O)NC3CC3)ccc2C)c1N. The summed E-state index contributed by atoms with van der Waals surface area (Å²) in [5, 5.41) is 9.66. The first-order valence-corrected chi connectivity index (χ1v) is 7.48. The Balaban J connectivity index is 1.97. The number of nitrogens with zero attached hydrogens (tertiary/aromatic N) is 2. The highest BCUT2D eigenvalue weighted by molar-refractivity contribution is 5.98. The van der Waals surface area contributed by atoms with E-state index in [4.69, 9.17) is 5.73 Å². The molecule has 1 fully saturated rings. The van der Waals surface area contributed by atoms with Crippen molar-refractivity contribution in [2.45, 2.75) is 25.8 Å². The van der Waals surface area contributed by atoms with E-state index in [1.54, 1.807) is 12.1 Å². The molecule has 2 aromatic rings. The number of hydrogen-bond acceptors (Lipinski definition) is 4. The summed E-state index contributed by atoms with van der Waals surface area (Å²) in [5.41, 5.74) is 8.48. The second-order valence-electron chi connectivity index (χ2n) is 5.68. The molecule has 1 aromatic carbocycles. The minimum Gasteiger partial charge on any atom is -0.383 e. The molecule has 4 N–H and O–H groups in total. The van der Waals surface area contributed by atoms with E-state index in [9.17, 15) is 9.59 Å². The van der Waals surface area contributed by atoms with Crippen molar-refractivity contribution in [1.82, 2.24) is 20.4 Å². The first kappa shape index (κ1) is 15.1. The number of carbonyl (C=O) groups excluding carboxylic acids is 2. The predicted octanol–water partition coefficient (Wildman–Crippen LogP) is 1.01. The zero-order chi connectivity index (χ0) is 16.6. The maximum absolute atomic E-state index is 12.2. The Morgan fingerprint density at radius 1 is 1.30 bits per heavy atom. The highest BCUT2D eigenvalue weighted by Gasteiger charge is 2.24. The summed E-state index contributed by atoms with van der Waals surface area (Å²) in [7, 11) is 1.53. The first-order valence-electron chi connectivity index (χ1n) is 7.48. The summed E-state index contributed by atoms with van der Waals surface area (Å²) in [6.07, 6.45) is 3.49. The molecule has 1 aromatic heterocycles. The van der Waals surface area contributed by atoms with Crippen LogP contribution in [0.1, 0.15) is 39.1 Å². The van der Waals surface area contributed by atoms with Crippen molar-refractivity contribution >= 4 is 17.6 Å². The van der Waals surface area contributed by atoms with Crippen molar-refractivity contribution in [3.63, 3.8) is 0 Å². The van der Waals surface area contributed by atoms with Gasteiger partial charge in [0.2, 0.25) is 0 Å². The highest BCUT2D eigenvalue weighted by Crippen LogP contribution is 2.23. The lowest BCUT2D eigenvalue weighted by Gasteiger charge is -2.11. The number of hydrogen-bond donors (Lipinski definition) is 3. The monoisotopic (exact) mass is 313 g/mol. The van der Waals surface area contributed by atoms with E-state index in [0.717, 1.165) is 18.4 Å². The van der Waals surface area contributed by atoms with Crippen LogP contribution in [0.2, 0.25) is 0 Å². The topological polar surface area (TPSA) is 102 Å². The molecule has 0 aliphatic heterocycles. The van der Waals surface area contributed by atoms with Gasteiger partial charge in [0.15, 0.2) is 0 Å². The van der Waals surface area contributed by atoms with Gasteiger partial charge in [0.25, 0.3) is 11.8 Å². The van der Waals surface area contributed by atoms with Crippen molar-refractivity contribution in [3.8, 4) is 5.69 Å². The fourth-order valence-electron chi connectivity index (χ4n) is 2.33. The lowest BCUT2D eigenvalue weighted by atomic mass is 10.1. The summed E-state index contributed by atoms with van der Waals surface area (Å²) in [6, 6.07) is 5.65. The second kappa shape index (κ2) is 5.75. The quantitative estimate of drug-likeness (QED) is 0.784. The normalized spacial score (nSPS) is 13.7. The molecule has 0 saturated heterocycles. The Hall–Kier alpha value is -2.83. The molecule has 120 valence electrons. The summed E-state index contributed by atoms with van der Waals surface area (Å²) >= 11 is 0. The molecule has 0 unspecified atom stereocenters. The van der Waals surface area contributed by atoms with Crippen LogP contribution in [-0.4, -0.2) is 34.7 Å². The fraction of sp³-hybridized carbons (Fsp3) is 0.312. The Kier molecular flexibility index (Phi) is 3.77. The van der Waals surface area contributed by atoms with Gasteiger partial charge in [0.1, 0.15) is 11.4 Å². The fourth-order valence-corrected chi connectivity index (χ4v) is 2.33. The zero-order valence-corrected chi connectivity index (χ0v) is 13.1. The van der Waals surface area contributed by atoms with Gasteiger partial charge < -0.3 is 16.4 Å². The van der Waals surface area contributed by atoms with Gasteiger partial charge in [-0.3, -0.25) is 9.59 Å². The van der Waals surface area contributed by atoms with Gasteiger partial charge >= 0.3 is 0 Å². The molecule has 2 amide bonds. The molecular weight excluding hydrogens is 294 g/mol. The van der Waals surface area contributed by atoms with E-state index < -0.39 is 0 Å². The summed E-state index contributed by atoms with van der Waals surface area (Å²) < 4.78 is 1.48. The first-order chi connectivity index (χ1) is 11.0. The van der Waals surface area contributed by atoms with Crippen molar-refractivity contribution in [2.24, 2.45) is 0 Å².